The zero-order chi connectivity index (χ0) is 12.3. The van der Waals surface area contributed by atoms with Crippen molar-refractivity contribution in [2.75, 3.05) is 26.9 Å². The number of hydrogen-bond donors (Lipinski definition) is 1. The first kappa shape index (κ1) is 14.2. The summed E-state index contributed by atoms with van der Waals surface area (Å²) in [5.74, 6) is 0.505. The molecule has 0 saturated heterocycles. The Hall–Kier alpha value is -0.900. The molecule has 0 aliphatic carbocycles. The van der Waals surface area contributed by atoms with E-state index in [1.807, 2.05) is 18.2 Å². The van der Waals surface area contributed by atoms with Crippen molar-refractivity contribution in [1.29, 1.82) is 0 Å². The smallest absolute Gasteiger partial charge is 0.0716 e. The van der Waals surface area contributed by atoms with Gasteiger partial charge in [0.2, 0.25) is 0 Å². The third-order valence-corrected chi connectivity index (χ3v) is 2.85. The predicted octanol–water partition coefficient (Wildman–Crippen LogP) is 2.20. The first-order valence-electron chi connectivity index (χ1n) is 6.17. The number of rotatable bonds is 9. The van der Waals surface area contributed by atoms with Gasteiger partial charge in [0, 0.05) is 20.3 Å². The zero-order valence-corrected chi connectivity index (χ0v) is 10.6. The summed E-state index contributed by atoms with van der Waals surface area (Å²) in [6.07, 6.45) is 2.02. The molecule has 0 aliphatic heterocycles. The summed E-state index contributed by atoms with van der Waals surface area (Å²) in [6.45, 7) is 2.93. The lowest BCUT2D eigenvalue weighted by atomic mass is 10.0. The Morgan fingerprint density at radius 3 is 2.47 bits per heavy atom. The van der Waals surface area contributed by atoms with Crippen LogP contribution in [0.3, 0.4) is 0 Å². The Bertz CT molecular complexity index is 277. The normalized spacial score (nSPS) is 12.6. The second-order valence-corrected chi connectivity index (χ2v) is 4.21. The van der Waals surface area contributed by atoms with E-state index in [-0.39, 0.29) is 0 Å². The first-order chi connectivity index (χ1) is 8.36. The minimum absolute atomic E-state index is 0.505. The largest absolute Gasteiger partial charge is 0.385 e. The Morgan fingerprint density at radius 1 is 1.12 bits per heavy atom. The molecule has 1 aromatic rings. The van der Waals surface area contributed by atoms with Crippen molar-refractivity contribution < 1.29 is 9.47 Å². The third kappa shape index (κ3) is 6.41. The van der Waals surface area contributed by atoms with Crippen LogP contribution in [-0.4, -0.2) is 26.9 Å². The van der Waals surface area contributed by atoms with Gasteiger partial charge in [-0.25, -0.2) is 0 Å². The molecule has 0 saturated carbocycles. The number of methoxy groups -OCH3 is 1. The molecule has 2 N–H and O–H groups in total. The highest BCUT2D eigenvalue weighted by Crippen LogP contribution is 2.08. The maximum atomic E-state index is 5.70. The molecule has 1 aromatic carbocycles. The molecule has 0 amide bonds. The van der Waals surface area contributed by atoms with Crippen molar-refractivity contribution in [3.05, 3.63) is 35.9 Å². The quantitative estimate of drug-likeness (QED) is 0.670. The summed E-state index contributed by atoms with van der Waals surface area (Å²) >= 11 is 0. The van der Waals surface area contributed by atoms with E-state index in [0.29, 0.717) is 19.1 Å². The van der Waals surface area contributed by atoms with Gasteiger partial charge in [0.25, 0.3) is 0 Å². The second-order valence-electron chi connectivity index (χ2n) is 4.21. The van der Waals surface area contributed by atoms with Gasteiger partial charge < -0.3 is 15.2 Å². The lowest BCUT2D eigenvalue weighted by Gasteiger charge is -2.14. The van der Waals surface area contributed by atoms with Crippen LogP contribution in [0.15, 0.2) is 30.3 Å². The van der Waals surface area contributed by atoms with Gasteiger partial charge in [0.15, 0.2) is 0 Å². The topological polar surface area (TPSA) is 44.5 Å². The molecule has 0 bridgehead atoms. The molecule has 0 aliphatic rings. The molecule has 1 unspecified atom stereocenters. The monoisotopic (exact) mass is 237 g/mol. The molecule has 0 spiro atoms. The fourth-order valence-corrected chi connectivity index (χ4v) is 1.68. The van der Waals surface area contributed by atoms with E-state index < -0.39 is 0 Å². The van der Waals surface area contributed by atoms with E-state index in [4.69, 9.17) is 15.2 Å². The highest BCUT2D eigenvalue weighted by Gasteiger charge is 2.06. The van der Waals surface area contributed by atoms with Gasteiger partial charge in [-0.2, -0.15) is 0 Å². The van der Waals surface area contributed by atoms with E-state index >= 15 is 0 Å². The Morgan fingerprint density at radius 2 is 1.82 bits per heavy atom. The standard InChI is InChI=1S/C14H23NO2/c1-16-9-7-13(11-15)8-10-17-12-14-5-3-2-4-6-14/h2-6,13H,7-12,15H2,1H3. The van der Waals surface area contributed by atoms with Crippen LogP contribution in [0.1, 0.15) is 18.4 Å². The van der Waals surface area contributed by atoms with Crippen molar-refractivity contribution in [1.82, 2.24) is 0 Å². The van der Waals surface area contributed by atoms with Crippen LogP contribution in [0, 0.1) is 5.92 Å². The van der Waals surface area contributed by atoms with Crippen molar-refractivity contribution in [2.45, 2.75) is 19.4 Å². The number of ether oxygens (including phenoxy) is 2. The van der Waals surface area contributed by atoms with Crippen LogP contribution in [0.25, 0.3) is 0 Å². The van der Waals surface area contributed by atoms with Gasteiger partial charge in [0.1, 0.15) is 0 Å². The van der Waals surface area contributed by atoms with Crippen LogP contribution < -0.4 is 5.73 Å². The summed E-state index contributed by atoms with van der Waals surface area (Å²) in [7, 11) is 1.72. The Balaban J connectivity index is 2.10. The molecule has 3 heteroatoms. The average molecular weight is 237 g/mol. The van der Waals surface area contributed by atoms with Crippen LogP contribution in [-0.2, 0) is 16.1 Å². The predicted molar refractivity (Wildman–Crippen MR) is 69.8 cm³/mol. The number of hydrogen-bond acceptors (Lipinski definition) is 3. The highest BCUT2D eigenvalue weighted by molar-refractivity contribution is 5.13. The Kier molecular flexibility index (Phi) is 7.63. The van der Waals surface area contributed by atoms with E-state index in [1.165, 1.54) is 5.56 Å². The summed E-state index contributed by atoms with van der Waals surface area (Å²) in [4.78, 5) is 0. The van der Waals surface area contributed by atoms with Gasteiger partial charge in [-0.15, -0.1) is 0 Å². The minimum Gasteiger partial charge on any atom is -0.385 e. The van der Waals surface area contributed by atoms with Crippen LogP contribution >= 0.6 is 0 Å². The van der Waals surface area contributed by atoms with Gasteiger partial charge in [-0.3, -0.25) is 0 Å². The fourth-order valence-electron chi connectivity index (χ4n) is 1.68. The molecule has 0 radical (unpaired) electrons. The second kappa shape index (κ2) is 9.16. The summed E-state index contributed by atoms with van der Waals surface area (Å²) in [6, 6.07) is 10.2. The van der Waals surface area contributed by atoms with Crippen LogP contribution in [0.5, 0.6) is 0 Å². The molecule has 3 nitrogen and oxygen atoms in total. The van der Waals surface area contributed by atoms with Crippen LogP contribution in [0.4, 0.5) is 0 Å². The maximum Gasteiger partial charge on any atom is 0.0716 e. The van der Waals surface area contributed by atoms with Gasteiger partial charge in [-0.05, 0) is 30.9 Å². The average Bonchev–Trinajstić information content (AvgIpc) is 2.39. The number of benzene rings is 1. The molecule has 17 heavy (non-hydrogen) atoms. The fraction of sp³-hybridized carbons (Fsp3) is 0.571. The molecule has 1 rings (SSSR count). The van der Waals surface area contributed by atoms with Crippen molar-refractivity contribution in [3.8, 4) is 0 Å². The van der Waals surface area contributed by atoms with E-state index in [2.05, 4.69) is 12.1 Å². The SMILES string of the molecule is COCCC(CN)CCOCc1ccccc1. The van der Waals surface area contributed by atoms with Gasteiger partial charge >= 0.3 is 0 Å². The molecule has 0 aromatic heterocycles. The van der Waals surface area contributed by atoms with Crippen molar-refractivity contribution in [2.24, 2.45) is 11.7 Å². The molecular weight excluding hydrogens is 214 g/mol. The summed E-state index contributed by atoms with van der Waals surface area (Å²) in [5.41, 5.74) is 6.91. The molecular formula is C14H23NO2. The lowest BCUT2D eigenvalue weighted by molar-refractivity contribution is 0.100. The lowest BCUT2D eigenvalue weighted by Crippen LogP contribution is -2.18. The van der Waals surface area contributed by atoms with Crippen molar-refractivity contribution in [3.63, 3.8) is 0 Å². The molecule has 0 heterocycles. The zero-order valence-electron chi connectivity index (χ0n) is 10.6. The summed E-state index contributed by atoms with van der Waals surface area (Å²) in [5, 5.41) is 0. The maximum absolute atomic E-state index is 5.70. The first-order valence-corrected chi connectivity index (χ1v) is 6.17. The van der Waals surface area contributed by atoms with E-state index in [1.54, 1.807) is 7.11 Å². The molecule has 96 valence electrons. The van der Waals surface area contributed by atoms with E-state index in [9.17, 15) is 0 Å². The van der Waals surface area contributed by atoms with E-state index in [0.717, 1.165) is 26.1 Å². The van der Waals surface area contributed by atoms with Crippen molar-refractivity contribution >= 4 is 0 Å². The molecule has 1 atom stereocenters. The number of nitrogens with two attached hydrogens (primary N) is 1. The van der Waals surface area contributed by atoms with Crippen LogP contribution in [0.2, 0.25) is 0 Å². The minimum atomic E-state index is 0.505. The van der Waals surface area contributed by atoms with Gasteiger partial charge in [-0.1, -0.05) is 30.3 Å². The Labute approximate surface area is 104 Å². The molecule has 0 fully saturated rings. The third-order valence-electron chi connectivity index (χ3n) is 2.85. The highest BCUT2D eigenvalue weighted by atomic mass is 16.5. The van der Waals surface area contributed by atoms with Gasteiger partial charge in [0.05, 0.1) is 6.61 Å². The summed E-state index contributed by atoms with van der Waals surface area (Å²) < 4.78 is 10.7.